The fourth-order valence-electron chi connectivity index (χ4n) is 3.17. The molecule has 8 nitrogen and oxygen atoms in total. The van der Waals surface area contributed by atoms with E-state index in [9.17, 15) is 14.4 Å². The summed E-state index contributed by atoms with van der Waals surface area (Å²) >= 11 is 0. The largest absolute Gasteiger partial charge is 0.461 e. The normalized spacial score (nSPS) is 11.0. The van der Waals surface area contributed by atoms with Crippen LogP contribution in [0, 0.1) is 0 Å². The number of nitrogens with one attached hydrogen (secondary N) is 1. The lowest BCUT2D eigenvalue weighted by Gasteiger charge is -2.10. The van der Waals surface area contributed by atoms with Crippen LogP contribution in [0.5, 0.6) is 0 Å². The minimum absolute atomic E-state index is 0.0625. The monoisotopic (exact) mass is 390 g/mol. The highest BCUT2D eigenvalue weighted by atomic mass is 16.5. The van der Waals surface area contributed by atoms with Crippen molar-refractivity contribution >= 4 is 34.1 Å². The number of amides is 1. The standard InChI is InChI=1S/C21H18N4O4/c1-3-29-21(28)16-12-18-24(2)17-10-9-14(11-15(17)20(27)25(18)23-16)22-19(26)13-7-5-4-6-8-13/h4-12H,3H2,1-2H3,(H,22,26). The van der Waals surface area contributed by atoms with Crippen LogP contribution in [0.15, 0.2) is 59.4 Å². The Labute approximate surface area is 165 Å². The van der Waals surface area contributed by atoms with E-state index < -0.39 is 5.97 Å². The molecule has 0 fully saturated rings. The molecule has 2 aromatic carbocycles. The average Bonchev–Trinajstić information content (AvgIpc) is 3.19. The highest BCUT2D eigenvalue weighted by Gasteiger charge is 2.17. The van der Waals surface area contributed by atoms with Gasteiger partial charge in [0, 0.05) is 24.4 Å². The molecule has 0 saturated carbocycles. The second-order valence-electron chi connectivity index (χ2n) is 6.44. The predicted molar refractivity (Wildman–Crippen MR) is 108 cm³/mol. The fraction of sp³-hybridized carbons (Fsp3) is 0.143. The maximum Gasteiger partial charge on any atom is 0.358 e. The van der Waals surface area contributed by atoms with Crippen molar-refractivity contribution in [1.82, 2.24) is 14.2 Å². The van der Waals surface area contributed by atoms with Gasteiger partial charge in [-0.3, -0.25) is 9.59 Å². The summed E-state index contributed by atoms with van der Waals surface area (Å²) in [6.45, 7) is 1.92. The molecule has 0 saturated heterocycles. The number of rotatable bonds is 4. The van der Waals surface area contributed by atoms with E-state index in [1.54, 1.807) is 61.0 Å². The molecule has 1 N–H and O–H groups in total. The van der Waals surface area contributed by atoms with E-state index >= 15 is 0 Å². The third-order valence-electron chi connectivity index (χ3n) is 4.59. The molecular formula is C21H18N4O4. The molecule has 29 heavy (non-hydrogen) atoms. The van der Waals surface area contributed by atoms with Crippen LogP contribution in [0.3, 0.4) is 0 Å². The summed E-state index contributed by atoms with van der Waals surface area (Å²) in [6, 6.07) is 15.4. The van der Waals surface area contributed by atoms with Gasteiger partial charge in [-0.2, -0.15) is 9.61 Å². The van der Waals surface area contributed by atoms with Crippen molar-refractivity contribution in [3.05, 3.63) is 76.2 Å². The SMILES string of the molecule is CCOC(=O)c1cc2n(C)c3ccc(NC(=O)c4ccccc4)cc3c(=O)n2n1. The van der Waals surface area contributed by atoms with Crippen LogP contribution < -0.4 is 10.9 Å². The summed E-state index contributed by atoms with van der Waals surface area (Å²) in [6.07, 6.45) is 0. The zero-order valence-electron chi connectivity index (χ0n) is 15.9. The van der Waals surface area contributed by atoms with Crippen molar-refractivity contribution in [2.75, 3.05) is 11.9 Å². The number of carbonyl (C=O) groups is 2. The van der Waals surface area contributed by atoms with E-state index in [2.05, 4.69) is 10.4 Å². The van der Waals surface area contributed by atoms with Gasteiger partial charge in [0.2, 0.25) is 0 Å². The lowest BCUT2D eigenvalue weighted by Crippen LogP contribution is -2.19. The van der Waals surface area contributed by atoms with Gasteiger partial charge in [0.1, 0.15) is 5.65 Å². The molecule has 0 unspecified atom stereocenters. The van der Waals surface area contributed by atoms with Gasteiger partial charge in [-0.25, -0.2) is 4.79 Å². The summed E-state index contributed by atoms with van der Waals surface area (Å²) in [4.78, 5) is 37.3. The number of nitrogens with zero attached hydrogens (tertiary/aromatic N) is 3. The Hall–Kier alpha value is -3.94. The van der Waals surface area contributed by atoms with E-state index in [1.807, 2.05) is 6.07 Å². The number of ether oxygens (including phenoxy) is 1. The molecule has 2 heterocycles. The summed E-state index contributed by atoms with van der Waals surface area (Å²) < 4.78 is 7.89. The van der Waals surface area contributed by atoms with Crippen LogP contribution >= 0.6 is 0 Å². The molecule has 0 aliphatic rings. The number of carbonyl (C=O) groups excluding carboxylic acids is 2. The molecule has 1 amide bonds. The molecule has 4 rings (SSSR count). The van der Waals surface area contributed by atoms with Crippen molar-refractivity contribution < 1.29 is 14.3 Å². The zero-order chi connectivity index (χ0) is 20.5. The molecular weight excluding hydrogens is 372 g/mol. The molecule has 2 aromatic heterocycles. The highest BCUT2D eigenvalue weighted by molar-refractivity contribution is 6.05. The molecule has 4 aromatic rings. The average molecular weight is 390 g/mol. The van der Waals surface area contributed by atoms with Crippen molar-refractivity contribution in [3.63, 3.8) is 0 Å². The number of aromatic nitrogens is 3. The Morgan fingerprint density at radius 2 is 1.86 bits per heavy atom. The molecule has 0 atom stereocenters. The Kier molecular flexibility index (Phi) is 4.59. The Morgan fingerprint density at radius 1 is 1.10 bits per heavy atom. The summed E-state index contributed by atoms with van der Waals surface area (Å²) in [5.41, 5.74) is 1.79. The molecule has 0 aliphatic carbocycles. The third-order valence-corrected chi connectivity index (χ3v) is 4.59. The van der Waals surface area contributed by atoms with Gasteiger partial charge in [-0.1, -0.05) is 18.2 Å². The number of aryl methyl sites for hydroxylation is 1. The third kappa shape index (κ3) is 3.25. The second-order valence-corrected chi connectivity index (χ2v) is 6.44. The van der Waals surface area contributed by atoms with Crippen molar-refractivity contribution in [2.24, 2.45) is 7.05 Å². The van der Waals surface area contributed by atoms with E-state index in [4.69, 9.17) is 4.74 Å². The second kappa shape index (κ2) is 7.23. The van der Waals surface area contributed by atoms with Gasteiger partial charge in [0.05, 0.1) is 17.5 Å². The first-order chi connectivity index (χ1) is 14.0. The van der Waals surface area contributed by atoms with Crippen molar-refractivity contribution in [1.29, 1.82) is 0 Å². The number of hydrogen-bond donors (Lipinski definition) is 1. The molecule has 8 heteroatoms. The molecule has 0 aliphatic heterocycles. The topological polar surface area (TPSA) is 94.7 Å². The number of benzene rings is 2. The molecule has 146 valence electrons. The first kappa shape index (κ1) is 18.4. The minimum atomic E-state index is -0.588. The highest BCUT2D eigenvalue weighted by Crippen LogP contribution is 2.19. The van der Waals surface area contributed by atoms with E-state index in [1.165, 1.54) is 6.07 Å². The number of fused-ring (bicyclic) bond motifs is 2. The van der Waals surface area contributed by atoms with Crippen LogP contribution in [0.4, 0.5) is 5.69 Å². The molecule has 0 bridgehead atoms. The first-order valence-electron chi connectivity index (χ1n) is 9.05. The lowest BCUT2D eigenvalue weighted by atomic mass is 10.2. The van der Waals surface area contributed by atoms with E-state index in [0.717, 1.165) is 4.52 Å². The van der Waals surface area contributed by atoms with Crippen molar-refractivity contribution in [2.45, 2.75) is 6.92 Å². The fourth-order valence-corrected chi connectivity index (χ4v) is 3.17. The van der Waals surface area contributed by atoms with Gasteiger partial charge in [-0.15, -0.1) is 0 Å². The first-order valence-corrected chi connectivity index (χ1v) is 9.05. The summed E-state index contributed by atoms with van der Waals surface area (Å²) in [7, 11) is 1.77. The maximum atomic E-state index is 13.0. The maximum absolute atomic E-state index is 13.0. The van der Waals surface area contributed by atoms with Crippen LogP contribution in [0.1, 0.15) is 27.8 Å². The zero-order valence-corrected chi connectivity index (χ0v) is 15.9. The van der Waals surface area contributed by atoms with Gasteiger partial charge < -0.3 is 14.6 Å². The Morgan fingerprint density at radius 3 is 2.59 bits per heavy atom. The van der Waals surface area contributed by atoms with Crippen molar-refractivity contribution in [3.8, 4) is 0 Å². The number of esters is 1. The lowest BCUT2D eigenvalue weighted by molar-refractivity contribution is 0.0519. The number of anilines is 1. The van der Waals surface area contributed by atoms with Crippen LogP contribution in [-0.4, -0.2) is 32.7 Å². The molecule has 0 spiro atoms. The molecule has 0 radical (unpaired) electrons. The Balaban J connectivity index is 1.79. The van der Waals surface area contributed by atoms with E-state index in [-0.39, 0.29) is 23.8 Å². The smallest absolute Gasteiger partial charge is 0.358 e. The van der Waals surface area contributed by atoms with Crippen LogP contribution in [-0.2, 0) is 11.8 Å². The quantitative estimate of drug-likeness (QED) is 0.541. The summed E-state index contributed by atoms with van der Waals surface area (Å²) in [5.74, 6) is -0.859. The minimum Gasteiger partial charge on any atom is -0.461 e. The van der Waals surface area contributed by atoms with Gasteiger partial charge in [0.25, 0.3) is 11.5 Å². The van der Waals surface area contributed by atoms with Gasteiger partial charge >= 0.3 is 5.97 Å². The van der Waals surface area contributed by atoms with E-state index in [0.29, 0.717) is 27.8 Å². The van der Waals surface area contributed by atoms with Gasteiger partial charge in [0.15, 0.2) is 5.69 Å². The summed E-state index contributed by atoms with van der Waals surface area (Å²) in [5, 5.41) is 7.26. The van der Waals surface area contributed by atoms with Crippen LogP contribution in [0.2, 0.25) is 0 Å². The number of hydrogen-bond acceptors (Lipinski definition) is 5. The van der Waals surface area contributed by atoms with Crippen LogP contribution in [0.25, 0.3) is 16.6 Å². The Bertz CT molecular complexity index is 1310. The predicted octanol–water partition coefficient (Wildman–Crippen LogP) is 2.62. The van der Waals surface area contributed by atoms with Gasteiger partial charge in [-0.05, 0) is 37.3 Å².